The molecule has 0 saturated heterocycles. The first-order chi connectivity index (χ1) is 9.16. The molecule has 1 aromatic carbocycles. The van der Waals surface area contributed by atoms with Gasteiger partial charge in [-0.3, -0.25) is 0 Å². The minimum atomic E-state index is -4.39. The molecule has 20 heavy (non-hydrogen) atoms. The normalized spacial score (nSPS) is 14.2. The Labute approximate surface area is 116 Å². The van der Waals surface area contributed by atoms with E-state index < -0.39 is 27.0 Å². The molecule has 0 amide bonds. The van der Waals surface area contributed by atoms with Gasteiger partial charge in [0.05, 0.1) is 10.8 Å². The van der Waals surface area contributed by atoms with Crippen molar-refractivity contribution in [1.82, 2.24) is 10.0 Å². The lowest BCUT2D eigenvalue weighted by molar-refractivity contribution is -0.137. The molecule has 0 spiro atoms. The molecule has 0 aromatic heterocycles. The fourth-order valence-electron chi connectivity index (χ4n) is 1.53. The highest BCUT2D eigenvalue weighted by molar-refractivity contribution is 7.90. The minimum absolute atomic E-state index is 0.0332. The van der Waals surface area contributed by atoms with Gasteiger partial charge in [0, 0.05) is 13.1 Å². The van der Waals surface area contributed by atoms with E-state index in [4.69, 9.17) is 0 Å². The van der Waals surface area contributed by atoms with Gasteiger partial charge in [0.1, 0.15) is 0 Å². The summed E-state index contributed by atoms with van der Waals surface area (Å²) < 4.78 is 63.0. The summed E-state index contributed by atoms with van der Waals surface area (Å²) in [5.41, 5.74) is -0.286. The molecule has 0 bridgehead atoms. The maximum atomic E-state index is 12.4. The molecule has 8 heteroatoms. The number of hydrogen-bond acceptors (Lipinski definition) is 3. The number of rotatable bonds is 6. The third kappa shape index (κ3) is 4.77. The molecule has 1 rings (SSSR count). The number of nitrogens with one attached hydrogen (secondary N) is 2. The fourth-order valence-corrected chi connectivity index (χ4v) is 2.57. The molecule has 0 radical (unpaired) electrons. The Morgan fingerprint density at radius 2 is 1.75 bits per heavy atom. The van der Waals surface area contributed by atoms with Crippen LogP contribution < -0.4 is 10.0 Å². The first-order valence-electron chi connectivity index (χ1n) is 5.96. The highest BCUT2D eigenvalue weighted by Gasteiger charge is 2.30. The highest BCUT2D eigenvalue weighted by Crippen LogP contribution is 2.29. The van der Waals surface area contributed by atoms with E-state index in [0.29, 0.717) is 12.1 Å². The predicted octanol–water partition coefficient (Wildman–Crippen LogP) is 1.73. The van der Waals surface area contributed by atoms with E-state index in [9.17, 15) is 21.6 Å². The molecule has 0 aliphatic carbocycles. The van der Waals surface area contributed by atoms with E-state index in [1.807, 2.05) is 0 Å². The molecule has 0 aliphatic heterocycles. The zero-order valence-electron chi connectivity index (χ0n) is 11.2. The van der Waals surface area contributed by atoms with Crippen molar-refractivity contribution in [2.24, 2.45) is 0 Å². The van der Waals surface area contributed by atoms with Gasteiger partial charge >= 0.3 is 6.18 Å². The smallest absolute Gasteiger partial charge is 0.318 e. The molecule has 4 nitrogen and oxygen atoms in total. The van der Waals surface area contributed by atoms with Gasteiger partial charge in [-0.15, -0.1) is 0 Å². The van der Waals surface area contributed by atoms with Crippen molar-refractivity contribution in [1.29, 1.82) is 0 Å². The summed E-state index contributed by atoms with van der Waals surface area (Å²) in [4.78, 5) is 0. The Balaban J connectivity index is 2.67. The topological polar surface area (TPSA) is 58.2 Å². The fraction of sp³-hybridized carbons (Fsp3) is 0.500. The molecule has 0 saturated carbocycles. The van der Waals surface area contributed by atoms with E-state index in [0.717, 1.165) is 12.1 Å². The van der Waals surface area contributed by atoms with Crippen molar-refractivity contribution < 1.29 is 21.6 Å². The lowest BCUT2D eigenvalue weighted by Gasteiger charge is -2.13. The van der Waals surface area contributed by atoms with E-state index in [-0.39, 0.29) is 6.54 Å². The highest BCUT2D eigenvalue weighted by atomic mass is 32.2. The Morgan fingerprint density at radius 1 is 1.20 bits per heavy atom. The van der Waals surface area contributed by atoms with Crippen molar-refractivity contribution >= 4 is 10.0 Å². The molecular weight excluding hydrogens is 293 g/mol. The van der Waals surface area contributed by atoms with Gasteiger partial charge in [-0.2, -0.15) is 13.2 Å². The van der Waals surface area contributed by atoms with Crippen molar-refractivity contribution in [3.8, 4) is 0 Å². The predicted molar refractivity (Wildman–Crippen MR) is 70.6 cm³/mol. The van der Waals surface area contributed by atoms with Crippen molar-refractivity contribution in [2.75, 3.05) is 13.6 Å². The summed E-state index contributed by atoms with van der Waals surface area (Å²) in [5.74, 6) is 0. The van der Waals surface area contributed by atoms with Gasteiger partial charge < -0.3 is 5.32 Å². The largest absolute Gasteiger partial charge is 0.416 e. The Bertz CT molecular complexity index is 527. The molecular formula is C12H17F3N2O2S. The lowest BCUT2D eigenvalue weighted by Crippen LogP contribution is -2.37. The van der Waals surface area contributed by atoms with Crippen LogP contribution in [0.4, 0.5) is 13.2 Å². The number of sulfonamides is 1. The third-order valence-electron chi connectivity index (χ3n) is 2.78. The summed E-state index contributed by atoms with van der Waals surface area (Å²) in [6, 6.07) is 4.38. The SMILES string of the molecule is CNCC(C)S(=O)(=O)NCc1ccc(C(F)(F)F)cc1. The molecule has 0 fully saturated rings. The summed E-state index contributed by atoms with van der Waals surface area (Å²) in [5, 5.41) is 2.13. The van der Waals surface area contributed by atoms with Crippen LogP contribution in [0.3, 0.4) is 0 Å². The molecule has 2 N–H and O–H groups in total. The van der Waals surface area contributed by atoms with Gasteiger partial charge in [-0.25, -0.2) is 13.1 Å². The summed E-state index contributed by atoms with van der Waals surface area (Å²) >= 11 is 0. The minimum Gasteiger partial charge on any atom is -0.318 e. The van der Waals surface area contributed by atoms with E-state index in [2.05, 4.69) is 10.0 Å². The average Bonchev–Trinajstić information content (AvgIpc) is 2.36. The van der Waals surface area contributed by atoms with Crippen LogP contribution in [0.1, 0.15) is 18.1 Å². The van der Waals surface area contributed by atoms with Gasteiger partial charge in [0.25, 0.3) is 0 Å². The summed E-state index contributed by atoms with van der Waals surface area (Å²) in [6.45, 7) is 1.81. The standard InChI is InChI=1S/C12H17F3N2O2S/c1-9(7-16-2)20(18,19)17-8-10-3-5-11(6-4-10)12(13,14)15/h3-6,9,16-17H,7-8H2,1-2H3. The second-order valence-electron chi connectivity index (χ2n) is 4.43. The number of hydrogen-bond donors (Lipinski definition) is 2. The lowest BCUT2D eigenvalue weighted by atomic mass is 10.1. The zero-order valence-corrected chi connectivity index (χ0v) is 12.0. The molecule has 1 unspecified atom stereocenters. The van der Waals surface area contributed by atoms with Crippen LogP contribution in [0.25, 0.3) is 0 Å². The first kappa shape index (κ1) is 16.9. The Morgan fingerprint density at radius 3 is 2.20 bits per heavy atom. The maximum absolute atomic E-state index is 12.4. The zero-order chi connectivity index (χ0) is 15.4. The van der Waals surface area contributed by atoms with Gasteiger partial charge in [-0.1, -0.05) is 12.1 Å². The van der Waals surface area contributed by atoms with Crippen molar-refractivity contribution in [3.63, 3.8) is 0 Å². The molecule has 0 aliphatic rings. The first-order valence-corrected chi connectivity index (χ1v) is 7.50. The number of alkyl halides is 3. The van der Waals surface area contributed by atoms with Gasteiger partial charge in [0.2, 0.25) is 10.0 Å². The van der Waals surface area contributed by atoms with Gasteiger partial charge in [0.15, 0.2) is 0 Å². The number of halogens is 3. The average molecular weight is 310 g/mol. The summed E-state index contributed by atoms with van der Waals surface area (Å²) in [7, 11) is -1.85. The van der Waals surface area contributed by atoms with Crippen LogP contribution in [-0.4, -0.2) is 27.3 Å². The van der Waals surface area contributed by atoms with Crippen LogP contribution in [0, 0.1) is 0 Å². The van der Waals surface area contributed by atoms with Crippen molar-refractivity contribution in [2.45, 2.75) is 24.9 Å². The Kier molecular flexibility index (Phi) is 5.55. The van der Waals surface area contributed by atoms with E-state index >= 15 is 0 Å². The Hall–Kier alpha value is -1.12. The second kappa shape index (κ2) is 6.55. The second-order valence-corrected chi connectivity index (χ2v) is 6.61. The van der Waals surface area contributed by atoms with Crippen molar-refractivity contribution in [3.05, 3.63) is 35.4 Å². The van der Waals surface area contributed by atoms with Crippen LogP contribution in [0.2, 0.25) is 0 Å². The maximum Gasteiger partial charge on any atom is 0.416 e. The van der Waals surface area contributed by atoms with Crippen LogP contribution in [-0.2, 0) is 22.7 Å². The van der Waals surface area contributed by atoms with Crippen LogP contribution in [0.5, 0.6) is 0 Å². The monoisotopic (exact) mass is 310 g/mol. The van der Waals surface area contributed by atoms with E-state index in [1.165, 1.54) is 12.1 Å². The molecule has 114 valence electrons. The quantitative estimate of drug-likeness (QED) is 0.841. The molecule has 1 aromatic rings. The van der Waals surface area contributed by atoms with Crippen LogP contribution in [0.15, 0.2) is 24.3 Å². The summed E-state index contributed by atoms with van der Waals surface area (Å²) in [6.07, 6.45) is -4.39. The van der Waals surface area contributed by atoms with Gasteiger partial charge in [-0.05, 0) is 31.7 Å². The molecule has 1 atom stereocenters. The molecule has 0 heterocycles. The van der Waals surface area contributed by atoms with E-state index in [1.54, 1.807) is 14.0 Å². The van der Waals surface area contributed by atoms with Crippen LogP contribution >= 0.6 is 0 Å². The number of benzene rings is 1. The third-order valence-corrected chi connectivity index (χ3v) is 4.55.